The van der Waals surface area contributed by atoms with Crippen LogP contribution in [-0.2, 0) is 12.0 Å². The first-order valence-corrected chi connectivity index (χ1v) is 6.39. The number of nitrogens with two attached hydrogens (primary N) is 1. The van der Waals surface area contributed by atoms with Crippen molar-refractivity contribution in [3.05, 3.63) is 40.0 Å². The minimum Gasteiger partial charge on any atom is -0.318 e. The summed E-state index contributed by atoms with van der Waals surface area (Å²) in [4.78, 5) is 0. The SMILES string of the molecule is CCc1ccc2c(c1C)C=C(CS)C2(C)N. The fourth-order valence-electron chi connectivity index (χ4n) is 2.50. The molecule has 16 heavy (non-hydrogen) atoms. The maximum absolute atomic E-state index is 6.39. The van der Waals surface area contributed by atoms with Gasteiger partial charge in [0.2, 0.25) is 0 Å². The summed E-state index contributed by atoms with van der Waals surface area (Å²) in [5.41, 5.74) is 12.6. The van der Waals surface area contributed by atoms with E-state index in [1.165, 1.54) is 27.8 Å². The van der Waals surface area contributed by atoms with Crippen molar-refractivity contribution >= 4 is 18.7 Å². The van der Waals surface area contributed by atoms with Crippen LogP contribution in [0, 0.1) is 6.92 Å². The molecule has 1 nitrogen and oxygen atoms in total. The van der Waals surface area contributed by atoms with Crippen LogP contribution in [-0.4, -0.2) is 5.75 Å². The van der Waals surface area contributed by atoms with Crippen LogP contribution in [0.4, 0.5) is 0 Å². The number of thiol groups is 1. The predicted octanol–water partition coefficient (Wildman–Crippen LogP) is 3.06. The molecule has 1 aliphatic rings. The third-order valence-electron chi connectivity index (χ3n) is 3.72. The lowest BCUT2D eigenvalue weighted by Gasteiger charge is -2.24. The van der Waals surface area contributed by atoms with Crippen molar-refractivity contribution < 1.29 is 0 Å². The van der Waals surface area contributed by atoms with E-state index < -0.39 is 0 Å². The van der Waals surface area contributed by atoms with Crippen molar-refractivity contribution in [3.8, 4) is 0 Å². The van der Waals surface area contributed by atoms with E-state index in [0.29, 0.717) is 0 Å². The zero-order chi connectivity index (χ0) is 11.9. The van der Waals surface area contributed by atoms with Crippen LogP contribution in [0.15, 0.2) is 17.7 Å². The van der Waals surface area contributed by atoms with Crippen LogP contribution in [0.2, 0.25) is 0 Å². The summed E-state index contributed by atoms with van der Waals surface area (Å²) in [6.45, 7) is 6.45. The monoisotopic (exact) mass is 233 g/mol. The van der Waals surface area contributed by atoms with Crippen LogP contribution >= 0.6 is 12.6 Å². The molecule has 0 aliphatic heterocycles. The Bertz CT molecular complexity index is 458. The van der Waals surface area contributed by atoms with Crippen molar-refractivity contribution in [2.24, 2.45) is 5.73 Å². The summed E-state index contributed by atoms with van der Waals surface area (Å²) < 4.78 is 0. The Morgan fingerprint density at radius 3 is 2.62 bits per heavy atom. The fourth-order valence-corrected chi connectivity index (χ4v) is 2.92. The summed E-state index contributed by atoms with van der Waals surface area (Å²) in [7, 11) is 0. The number of rotatable bonds is 2. The Labute approximate surface area is 103 Å². The van der Waals surface area contributed by atoms with E-state index in [1.807, 2.05) is 0 Å². The third kappa shape index (κ3) is 1.52. The van der Waals surface area contributed by atoms with Gasteiger partial charge in [0.25, 0.3) is 0 Å². The summed E-state index contributed by atoms with van der Waals surface area (Å²) in [5.74, 6) is 0.725. The van der Waals surface area contributed by atoms with Gasteiger partial charge < -0.3 is 5.73 Å². The van der Waals surface area contributed by atoms with Crippen LogP contribution < -0.4 is 5.73 Å². The molecule has 1 atom stereocenters. The standard InChI is InChI=1S/C14H19NS/c1-4-10-5-6-13-12(9(10)2)7-11(8-16)14(13,3)15/h5-7,16H,4,8,15H2,1-3H3. The van der Waals surface area contributed by atoms with E-state index in [4.69, 9.17) is 5.73 Å². The van der Waals surface area contributed by atoms with Gasteiger partial charge in [-0.05, 0) is 48.1 Å². The van der Waals surface area contributed by atoms with Crippen molar-refractivity contribution in [2.75, 3.05) is 5.75 Å². The van der Waals surface area contributed by atoms with Gasteiger partial charge in [-0.2, -0.15) is 12.6 Å². The number of fused-ring (bicyclic) bond motifs is 1. The molecule has 0 aromatic heterocycles. The maximum Gasteiger partial charge on any atom is 0.0613 e. The molecule has 0 amide bonds. The first-order chi connectivity index (χ1) is 7.52. The maximum atomic E-state index is 6.39. The van der Waals surface area contributed by atoms with E-state index in [0.717, 1.165) is 12.2 Å². The molecule has 1 unspecified atom stereocenters. The van der Waals surface area contributed by atoms with Crippen molar-refractivity contribution in [3.63, 3.8) is 0 Å². The molecule has 2 rings (SSSR count). The molecular weight excluding hydrogens is 214 g/mol. The molecule has 1 aliphatic carbocycles. The predicted molar refractivity (Wildman–Crippen MR) is 73.9 cm³/mol. The summed E-state index contributed by atoms with van der Waals surface area (Å²) >= 11 is 4.37. The Morgan fingerprint density at radius 2 is 2.06 bits per heavy atom. The van der Waals surface area contributed by atoms with Gasteiger partial charge in [-0.15, -0.1) is 0 Å². The highest BCUT2D eigenvalue weighted by Crippen LogP contribution is 2.40. The minimum atomic E-state index is -0.339. The molecule has 2 N–H and O–H groups in total. The van der Waals surface area contributed by atoms with Gasteiger partial charge in [0.05, 0.1) is 5.54 Å². The Balaban J connectivity index is 2.64. The van der Waals surface area contributed by atoms with Gasteiger partial charge in [-0.25, -0.2) is 0 Å². The van der Waals surface area contributed by atoms with Crippen LogP contribution in [0.3, 0.4) is 0 Å². The topological polar surface area (TPSA) is 26.0 Å². The smallest absolute Gasteiger partial charge is 0.0613 e. The lowest BCUT2D eigenvalue weighted by Crippen LogP contribution is -2.33. The van der Waals surface area contributed by atoms with Gasteiger partial charge in [0.15, 0.2) is 0 Å². The summed E-state index contributed by atoms with van der Waals surface area (Å²) in [6.07, 6.45) is 3.29. The van der Waals surface area contributed by atoms with Crippen LogP contribution in [0.25, 0.3) is 6.08 Å². The molecule has 0 saturated carbocycles. The van der Waals surface area contributed by atoms with E-state index >= 15 is 0 Å². The zero-order valence-corrected chi connectivity index (χ0v) is 11.1. The first kappa shape index (κ1) is 11.7. The van der Waals surface area contributed by atoms with E-state index in [1.54, 1.807) is 0 Å². The van der Waals surface area contributed by atoms with Gasteiger partial charge in [0.1, 0.15) is 0 Å². The molecule has 0 bridgehead atoms. The lowest BCUT2D eigenvalue weighted by molar-refractivity contribution is 0.604. The Hall–Kier alpha value is -0.730. The summed E-state index contributed by atoms with van der Waals surface area (Å²) in [6, 6.07) is 4.38. The van der Waals surface area contributed by atoms with Crippen molar-refractivity contribution in [1.82, 2.24) is 0 Å². The second-order valence-electron chi connectivity index (χ2n) is 4.69. The average Bonchev–Trinajstić information content (AvgIpc) is 2.52. The lowest BCUT2D eigenvalue weighted by atomic mass is 9.88. The van der Waals surface area contributed by atoms with E-state index in [-0.39, 0.29) is 5.54 Å². The molecule has 1 aromatic carbocycles. The highest BCUT2D eigenvalue weighted by molar-refractivity contribution is 7.80. The number of benzene rings is 1. The molecule has 0 radical (unpaired) electrons. The molecule has 0 saturated heterocycles. The quantitative estimate of drug-likeness (QED) is 0.754. The summed E-state index contributed by atoms with van der Waals surface area (Å²) in [5, 5.41) is 0. The van der Waals surface area contributed by atoms with E-state index in [2.05, 4.69) is 51.6 Å². The molecule has 86 valence electrons. The van der Waals surface area contributed by atoms with Crippen molar-refractivity contribution in [1.29, 1.82) is 0 Å². The van der Waals surface area contributed by atoms with Gasteiger partial charge in [0, 0.05) is 5.75 Å². The highest BCUT2D eigenvalue weighted by atomic mass is 32.1. The molecule has 0 heterocycles. The largest absolute Gasteiger partial charge is 0.318 e. The second-order valence-corrected chi connectivity index (χ2v) is 5.01. The zero-order valence-electron chi connectivity index (χ0n) is 10.2. The Morgan fingerprint density at radius 1 is 1.38 bits per heavy atom. The van der Waals surface area contributed by atoms with Crippen LogP contribution in [0.1, 0.15) is 36.1 Å². The molecule has 0 fully saturated rings. The third-order valence-corrected chi connectivity index (χ3v) is 4.06. The minimum absolute atomic E-state index is 0.339. The average molecular weight is 233 g/mol. The second kappa shape index (κ2) is 3.94. The normalized spacial score (nSPS) is 23.2. The van der Waals surface area contributed by atoms with Gasteiger partial charge in [-0.1, -0.05) is 25.1 Å². The van der Waals surface area contributed by atoms with Gasteiger partial charge >= 0.3 is 0 Å². The number of aryl methyl sites for hydroxylation is 1. The molecule has 0 spiro atoms. The Kier molecular flexibility index (Phi) is 2.89. The van der Waals surface area contributed by atoms with E-state index in [9.17, 15) is 0 Å². The molecule has 2 heteroatoms. The fraction of sp³-hybridized carbons (Fsp3) is 0.429. The highest BCUT2D eigenvalue weighted by Gasteiger charge is 2.33. The first-order valence-electron chi connectivity index (χ1n) is 5.76. The molecular formula is C14H19NS. The van der Waals surface area contributed by atoms with Crippen LogP contribution in [0.5, 0.6) is 0 Å². The van der Waals surface area contributed by atoms with Crippen molar-refractivity contribution in [2.45, 2.75) is 32.7 Å². The number of hydrogen-bond acceptors (Lipinski definition) is 2. The van der Waals surface area contributed by atoms with Gasteiger partial charge in [-0.3, -0.25) is 0 Å². The number of hydrogen-bond donors (Lipinski definition) is 2. The molecule has 1 aromatic rings.